The number of nitrogens with zero attached hydrogens (tertiary/aromatic N) is 1. The topological polar surface area (TPSA) is 72.6 Å². The molecule has 1 aromatic heterocycles. The second-order valence-corrected chi connectivity index (χ2v) is 5.88. The van der Waals surface area contributed by atoms with Crippen LogP contribution >= 0.6 is 27.7 Å². The van der Waals surface area contributed by atoms with E-state index in [4.69, 9.17) is 14.4 Å². The lowest BCUT2D eigenvalue weighted by atomic mass is 10.2. The Balaban J connectivity index is 2.09. The molecule has 2 rings (SSSR count). The van der Waals surface area contributed by atoms with Gasteiger partial charge in [0.25, 0.3) is 0 Å². The van der Waals surface area contributed by atoms with Crippen LogP contribution in [0.25, 0.3) is 0 Å². The van der Waals surface area contributed by atoms with Gasteiger partial charge in [-0.25, -0.2) is 4.79 Å². The Hall–Kier alpha value is -1.31. The number of hydrogen-bond acceptors (Lipinski definition) is 5. The van der Waals surface area contributed by atoms with Crippen LogP contribution in [-0.2, 0) is 17.1 Å². The minimum Gasteiger partial charge on any atom is -0.478 e. The van der Waals surface area contributed by atoms with E-state index in [1.165, 1.54) is 11.8 Å². The monoisotopic (exact) mass is 357 g/mol. The Bertz CT molecular complexity index is 614. The highest BCUT2D eigenvalue weighted by Crippen LogP contribution is 2.29. The molecule has 0 radical (unpaired) electrons. The number of carboxylic acid groups (broad SMARTS) is 1. The van der Waals surface area contributed by atoms with Crippen LogP contribution in [0.15, 0.2) is 38.2 Å². The first kappa shape index (κ1) is 15.1. The van der Waals surface area contributed by atoms with E-state index in [0.29, 0.717) is 23.0 Å². The summed E-state index contributed by atoms with van der Waals surface area (Å²) in [5.41, 5.74) is 1.03. The molecule has 0 saturated carbocycles. The van der Waals surface area contributed by atoms with Crippen LogP contribution in [0, 0.1) is 0 Å². The zero-order valence-corrected chi connectivity index (χ0v) is 13.0. The van der Waals surface area contributed by atoms with Crippen LogP contribution in [0.2, 0.25) is 0 Å². The summed E-state index contributed by atoms with van der Waals surface area (Å²) in [7, 11) is 1.58. The molecular weight excluding hydrogens is 346 g/mol. The van der Waals surface area contributed by atoms with Crippen LogP contribution in [-0.4, -0.2) is 23.3 Å². The Morgan fingerprint density at radius 1 is 1.50 bits per heavy atom. The summed E-state index contributed by atoms with van der Waals surface area (Å²) in [6.07, 6.45) is 0. The van der Waals surface area contributed by atoms with Crippen molar-refractivity contribution < 1.29 is 19.2 Å². The Morgan fingerprint density at radius 2 is 2.30 bits per heavy atom. The molecule has 20 heavy (non-hydrogen) atoms. The van der Waals surface area contributed by atoms with E-state index in [9.17, 15) is 4.79 Å². The molecule has 1 N–H and O–H groups in total. The van der Waals surface area contributed by atoms with Crippen LogP contribution < -0.4 is 0 Å². The van der Waals surface area contributed by atoms with Crippen LogP contribution in [0.1, 0.15) is 21.8 Å². The average Bonchev–Trinajstić information content (AvgIpc) is 2.84. The van der Waals surface area contributed by atoms with E-state index in [-0.39, 0.29) is 5.56 Å². The van der Waals surface area contributed by atoms with Crippen molar-refractivity contribution in [1.29, 1.82) is 0 Å². The molecule has 0 unspecified atom stereocenters. The van der Waals surface area contributed by atoms with Gasteiger partial charge in [0, 0.05) is 28.3 Å². The summed E-state index contributed by atoms with van der Waals surface area (Å²) in [4.78, 5) is 11.8. The fourth-order valence-corrected chi connectivity index (χ4v) is 3.05. The standard InChI is InChI=1S/C13H12BrNO4S/c1-18-6-10-5-9(15-19-10)7-20-12-4-8(14)2-3-11(12)13(16)17/h2-5H,6-7H2,1H3,(H,16,17). The smallest absolute Gasteiger partial charge is 0.336 e. The normalized spacial score (nSPS) is 10.7. The first-order chi connectivity index (χ1) is 9.60. The number of ether oxygens (including phenoxy) is 1. The third kappa shape index (κ3) is 3.84. The maximum atomic E-state index is 11.2. The fraction of sp³-hybridized carbons (Fsp3) is 0.231. The summed E-state index contributed by atoms with van der Waals surface area (Å²) in [6, 6.07) is 6.87. The van der Waals surface area contributed by atoms with Gasteiger partial charge >= 0.3 is 5.97 Å². The first-order valence-electron chi connectivity index (χ1n) is 5.69. The van der Waals surface area contributed by atoms with E-state index in [1.807, 2.05) is 0 Å². The molecule has 0 bridgehead atoms. The zero-order chi connectivity index (χ0) is 14.5. The number of halogens is 1. The third-order valence-corrected chi connectivity index (χ3v) is 4.03. The van der Waals surface area contributed by atoms with Gasteiger partial charge in [-0.15, -0.1) is 11.8 Å². The number of rotatable bonds is 6. The predicted octanol–water partition coefficient (Wildman–Crippen LogP) is 3.57. The molecule has 2 aromatic rings. The molecule has 5 nitrogen and oxygen atoms in total. The zero-order valence-electron chi connectivity index (χ0n) is 10.6. The predicted molar refractivity (Wildman–Crippen MR) is 77.9 cm³/mol. The van der Waals surface area contributed by atoms with E-state index >= 15 is 0 Å². The largest absolute Gasteiger partial charge is 0.478 e. The molecule has 1 aromatic carbocycles. The Labute approximate surface area is 128 Å². The number of hydrogen-bond donors (Lipinski definition) is 1. The van der Waals surface area contributed by atoms with Crippen molar-refractivity contribution in [3.63, 3.8) is 0 Å². The van der Waals surface area contributed by atoms with E-state index < -0.39 is 5.97 Å². The van der Waals surface area contributed by atoms with Crippen molar-refractivity contribution in [2.45, 2.75) is 17.3 Å². The second-order valence-electron chi connectivity index (χ2n) is 3.95. The van der Waals surface area contributed by atoms with Gasteiger partial charge in [-0.1, -0.05) is 21.1 Å². The lowest BCUT2D eigenvalue weighted by molar-refractivity contribution is 0.0693. The van der Waals surface area contributed by atoms with Gasteiger partial charge in [-0.3, -0.25) is 0 Å². The number of carboxylic acids is 1. The summed E-state index contributed by atoms with van der Waals surface area (Å²) < 4.78 is 10.9. The van der Waals surface area contributed by atoms with Gasteiger partial charge in [0.1, 0.15) is 6.61 Å². The summed E-state index contributed by atoms with van der Waals surface area (Å²) >= 11 is 4.74. The van der Waals surface area contributed by atoms with Crippen LogP contribution in [0.4, 0.5) is 0 Å². The van der Waals surface area contributed by atoms with Crippen molar-refractivity contribution in [1.82, 2.24) is 5.16 Å². The van der Waals surface area contributed by atoms with Crippen molar-refractivity contribution in [2.24, 2.45) is 0 Å². The van der Waals surface area contributed by atoms with Gasteiger partial charge < -0.3 is 14.4 Å². The SMILES string of the molecule is COCc1cc(CSc2cc(Br)ccc2C(=O)O)no1. The van der Waals surface area contributed by atoms with Crippen molar-refractivity contribution in [3.8, 4) is 0 Å². The van der Waals surface area contributed by atoms with E-state index in [0.717, 1.165) is 10.2 Å². The minimum absolute atomic E-state index is 0.277. The molecule has 106 valence electrons. The quantitative estimate of drug-likeness (QED) is 0.796. The number of aromatic carboxylic acids is 1. The van der Waals surface area contributed by atoms with E-state index in [1.54, 1.807) is 31.4 Å². The average molecular weight is 358 g/mol. The molecule has 0 aliphatic rings. The second kappa shape index (κ2) is 6.92. The fourth-order valence-electron chi connectivity index (χ4n) is 1.58. The number of benzene rings is 1. The summed E-state index contributed by atoms with van der Waals surface area (Å²) in [5, 5.41) is 13.1. The lowest BCUT2D eigenvalue weighted by Crippen LogP contribution is -1.98. The molecule has 0 aliphatic heterocycles. The molecule has 0 atom stereocenters. The highest BCUT2D eigenvalue weighted by molar-refractivity contribution is 9.10. The number of aromatic nitrogens is 1. The maximum absolute atomic E-state index is 11.2. The highest BCUT2D eigenvalue weighted by Gasteiger charge is 2.12. The third-order valence-electron chi connectivity index (χ3n) is 2.44. The molecular formula is C13H12BrNO4S. The van der Waals surface area contributed by atoms with Crippen molar-refractivity contribution in [2.75, 3.05) is 7.11 Å². The first-order valence-corrected chi connectivity index (χ1v) is 7.47. The molecule has 0 aliphatic carbocycles. The molecule has 1 heterocycles. The van der Waals surface area contributed by atoms with Crippen LogP contribution in [0.3, 0.4) is 0 Å². The van der Waals surface area contributed by atoms with Gasteiger partial charge in [-0.2, -0.15) is 0 Å². The summed E-state index contributed by atoms with van der Waals surface area (Å²) in [6.45, 7) is 0.370. The van der Waals surface area contributed by atoms with Gasteiger partial charge in [-0.05, 0) is 18.2 Å². The van der Waals surface area contributed by atoms with Gasteiger partial charge in [0.05, 0.1) is 11.3 Å². The van der Waals surface area contributed by atoms with Gasteiger partial charge in [0.15, 0.2) is 5.76 Å². The molecule has 7 heteroatoms. The minimum atomic E-state index is -0.944. The Kier molecular flexibility index (Phi) is 5.22. The van der Waals surface area contributed by atoms with Crippen molar-refractivity contribution >= 4 is 33.7 Å². The molecule has 0 amide bonds. The van der Waals surface area contributed by atoms with Crippen molar-refractivity contribution in [3.05, 3.63) is 45.8 Å². The summed E-state index contributed by atoms with van der Waals surface area (Å²) in [5.74, 6) is 0.236. The molecule has 0 fully saturated rings. The lowest BCUT2D eigenvalue weighted by Gasteiger charge is -2.05. The molecule has 0 saturated heterocycles. The number of carbonyl (C=O) groups is 1. The molecule has 0 spiro atoms. The van der Waals surface area contributed by atoms with Gasteiger partial charge in [0.2, 0.25) is 0 Å². The van der Waals surface area contributed by atoms with E-state index in [2.05, 4.69) is 21.1 Å². The van der Waals surface area contributed by atoms with Crippen LogP contribution in [0.5, 0.6) is 0 Å². The maximum Gasteiger partial charge on any atom is 0.336 e. The Morgan fingerprint density at radius 3 is 3.00 bits per heavy atom. The number of methoxy groups -OCH3 is 1. The highest BCUT2D eigenvalue weighted by atomic mass is 79.9. The number of thioether (sulfide) groups is 1.